The Bertz CT molecular complexity index is 921. The van der Waals surface area contributed by atoms with Gasteiger partial charge in [0, 0.05) is 28.3 Å². The predicted octanol–water partition coefficient (Wildman–Crippen LogP) is 5.11. The van der Waals surface area contributed by atoms with Crippen LogP contribution in [-0.2, 0) is 10.5 Å². The highest BCUT2D eigenvalue weighted by atomic mass is 32.2. The molecule has 0 fully saturated rings. The van der Waals surface area contributed by atoms with Gasteiger partial charge in [-0.3, -0.25) is 4.79 Å². The maximum atomic E-state index is 12.6. The number of nitrogens with one attached hydrogen (secondary N) is 1. The fourth-order valence-electron chi connectivity index (χ4n) is 3.51. The third kappa shape index (κ3) is 3.23. The molecule has 5 heteroatoms. The maximum absolute atomic E-state index is 12.6. The highest BCUT2D eigenvalue weighted by Crippen LogP contribution is 2.45. The lowest BCUT2D eigenvalue weighted by Crippen LogP contribution is -2.31. The molecule has 4 rings (SSSR count). The molecule has 26 heavy (non-hydrogen) atoms. The largest absolute Gasteiger partial charge is 0.352 e. The number of carbonyl (C=O) groups excluding carboxylic acids is 1. The van der Waals surface area contributed by atoms with E-state index in [4.69, 9.17) is 0 Å². The van der Waals surface area contributed by atoms with Gasteiger partial charge in [-0.1, -0.05) is 36.4 Å². The van der Waals surface area contributed by atoms with Gasteiger partial charge in [-0.25, -0.2) is 0 Å². The average molecular weight is 379 g/mol. The number of allylic oxidation sites excluding steroid dienone is 3. The lowest BCUT2D eigenvalue weighted by Gasteiger charge is -2.32. The predicted molar refractivity (Wildman–Crippen MR) is 106 cm³/mol. The third-order valence-electron chi connectivity index (χ3n) is 4.72. The summed E-state index contributed by atoms with van der Waals surface area (Å²) in [5, 5.41) is 16.2. The number of Topliss-reactive ketones (excluding diaryl/α,β-unsaturated/α-hetero) is 1. The van der Waals surface area contributed by atoms with Gasteiger partial charge in [-0.05, 0) is 29.9 Å². The van der Waals surface area contributed by atoms with Crippen LogP contribution in [0.1, 0.15) is 35.6 Å². The van der Waals surface area contributed by atoms with Crippen LogP contribution in [-0.4, -0.2) is 5.78 Å². The first kappa shape index (κ1) is 17.1. The van der Waals surface area contributed by atoms with Crippen molar-refractivity contribution in [2.45, 2.75) is 30.9 Å². The number of nitrogens with zero attached hydrogens (tertiary/aromatic N) is 1. The van der Waals surface area contributed by atoms with Crippen molar-refractivity contribution in [2.75, 3.05) is 0 Å². The molecular formula is C21H18N2OS2. The third-order valence-corrected chi connectivity index (χ3v) is 6.74. The van der Waals surface area contributed by atoms with E-state index in [2.05, 4.69) is 23.5 Å². The van der Waals surface area contributed by atoms with Crippen molar-refractivity contribution in [1.29, 1.82) is 5.26 Å². The lowest BCUT2D eigenvalue weighted by atomic mass is 9.79. The molecule has 0 amide bonds. The summed E-state index contributed by atoms with van der Waals surface area (Å²) >= 11 is 3.26. The molecule has 2 heterocycles. The first-order valence-electron chi connectivity index (χ1n) is 8.65. The first-order chi connectivity index (χ1) is 12.8. The molecular weight excluding hydrogens is 360 g/mol. The molecule has 0 saturated carbocycles. The van der Waals surface area contributed by atoms with Crippen molar-refractivity contribution >= 4 is 28.9 Å². The second-order valence-electron chi connectivity index (χ2n) is 6.37. The van der Waals surface area contributed by atoms with E-state index in [1.165, 1.54) is 5.56 Å². The van der Waals surface area contributed by atoms with Crippen LogP contribution >= 0.6 is 23.1 Å². The van der Waals surface area contributed by atoms with E-state index < -0.39 is 0 Å². The summed E-state index contributed by atoms with van der Waals surface area (Å²) in [4.78, 5) is 13.7. The van der Waals surface area contributed by atoms with E-state index in [9.17, 15) is 10.1 Å². The van der Waals surface area contributed by atoms with Crippen LogP contribution in [0.15, 0.2) is 69.7 Å². The van der Waals surface area contributed by atoms with E-state index in [0.717, 1.165) is 39.8 Å². The molecule has 0 unspecified atom stereocenters. The summed E-state index contributed by atoms with van der Waals surface area (Å²) in [5.74, 6) is 0.751. The fourth-order valence-corrected chi connectivity index (χ4v) is 5.37. The summed E-state index contributed by atoms with van der Waals surface area (Å²) < 4.78 is 0. The summed E-state index contributed by atoms with van der Waals surface area (Å²) in [6.07, 6.45) is 2.32. The Labute approximate surface area is 161 Å². The van der Waals surface area contributed by atoms with Crippen LogP contribution < -0.4 is 5.32 Å². The SMILES string of the molecule is N#CC1=C(SCc2ccccc2)NC2=C(C(=O)CCC2)[C@H]1c1cccs1. The van der Waals surface area contributed by atoms with E-state index in [-0.39, 0.29) is 11.7 Å². The zero-order valence-electron chi connectivity index (χ0n) is 14.2. The minimum Gasteiger partial charge on any atom is -0.352 e. The molecule has 0 spiro atoms. The van der Waals surface area contributed by atoms with Crippen molar-refractivity contribution in [2.24, 2.45) is 0 Å². The number of dihydropyridines is 1. The number of thiophene rings is 1. The Morgan fingerprint density at radius 3 is 2.77 bits per heavy atom. The number of hydrogen-bond acceptors (Lipinski definition) is 5. The van der Waals surface area contributed by atoms with Crippen molar-refractivity contribution in [3.63, 3.8) is 0 Å². The molecule has 2 aromatic rings. The summed E-state index contributed by atoms with van der Waals surface area (Å²) in [7, 11) is 0. The molecule has 1 aliphatic heterocycles. The molecule has 1 aromatic heterocycles. The van der Waals surface area contributed by atoms with Crippen LogP contribution in [0, 0.1) is 11.3 Å². The highest BCUT2D eigenvalue weighted by Gasteiger charge is 2.37. The first-order valence-corrected chi connectivity index (χ1v) is 10.5. The van der Waals surface area contributed by atoms with Gasteiger partial charge in [0.25, 0.3) is 0 Å². The molecule has 1 N–H and O–H groups in total. The number of nitriles is 1. The van der Waals surface area contributed by atoms with Gasteiger partial charge >= 0.3 is 0 Å². The van der Waals surface area contributed by atoms with Gasteiger partial charge < -0.3 is 5.32 Å². The van der Waals surface area contributed by atoms with Gasteiger partial charge in [-0.15, -0.1) is 23.1 Å². The molecule has 0 bridgehead atoms. The van der Waals surface area contributed by atoms with Crippen LogP contribution in [0.4, 0.5) is 0 Å². The monoisotopic (exact) mass is 378 g/mol. The number of thioether (sulfide) groups is 1. The molecule has 1 aromatic carbocycles. The standard InChI is InChI=1S/C21H18N2OS2/c22-12-15-19(18-10-5-11-25-18)20-16(8-4-9-17(20)24)23-21(15)26-13-14-6-2-1-3-7-14/h1-3,5-7,10-11,19,23H,4,8-9,13H2/t19-/m1/s1. The Morgan fingerprint density at radius 2 is 2.04 bits per heavy atom. The van der Waals surface area contributed by atoms with E-state index in [1.54, 1.807) is 23.1 Å². The Balaban J connectivity index is 1.72. The molecule has 1 aliphatic carbocycles. The van der Waals surface area contributed by atoms with E-state index >= 15 is 0 Å². The molecule has 130 valence electrons. The lowest BCUT2D eigenvalue weighted by molar-refractivity contribution is -0.116. The highest BCUT2D eigenvalue weighted by molar-refractivity contribution is 8.02. The molecule has 3 nitrogen and oxygen atoms in total. The molecule has 2 aliphatic rings. The molecule has 1 atom stereocenters. The Kier molecular flexibility index (Phi) is 4.96. The summed E-state index contributed by atoms with van der Waals surface area (Å²) in [6.45, 7) is 0. The van der Waals surface area contributed by atoms with Gasteiger partial charge in [0.2, 0.25) is 0 Å². The van der Waals surface area contributed by atoms with Crippen molar-refractivity contribution in [3.8, 4) is 6.07 Å². The Hall–Kier alpha value is -2.29. The number of ketones is 1. The minimum absolute atomic E-state index is 0.178. The van der Waals surface area contributed by atoms with Crippen molar-refractivity contribution in [1.82, 2.24) is 5.32 Å². The van der Waals surface area contributed by atoms with Crippen molar-refractivity contribution in [3.05, 3.63) is 80.2 Å². The minimum atomic E-state index is -0.220. The van der Waals surface area contributed by atoms with E-state index in [0.29, 0.717) is 12.0 Å². The average Bonchev–Trinajstić information content (AvgIpc) is 3.20. The Morgan fingerprint density at radius 1 is 1.19 bits per heavy atom. The van der Waals surface area contributed by atoms with Gasteiger partial charge in [0.1, 0.15) is 0 Å². The van der Waals surface area contributed by atoms with Crippen LogP contribution in [0.25, 0.3) is 0 Å². The zero-order chi connectivity index (χ0) is 17.9. The molecule has 0 saturated heterocycles. The topological polar surface area (TPSA) is 52.9 Å². The van der Waals surface area contributed by atoms with Crippen LogP contribution in [0.2, 0.25) is 0 Å². The zero-order valence-corrected chi connectivity index (χ0v) is 15.8. The van der Waals surface area contributed by atoms with E-state index in [1.807, 2.05) is 35.7 Å². The second kappa shape index (κ2) is 7.53. The fraction of sp³-hybridized carbons (Fsp3) is 0.238. The smallest absolute Gasteiger partial charge is 0.161 e. The van der Waals surface area contributed by atoms with Crippen molar-refractivity contribution < 1.29 is 4.79 Å². The number of benzene rings is 1. The molecule has 0 radical (unpaired) electrons. The normalized spacial score (nSPS) is 19.8. The number of hydrogen-bond donors (Lipinski definition) is 1. The second-order valence-corrected chi connectivity index (χ2v) is 8.34. The maximum Gasteiger partial charge on any atom is 0.161 e. The van der Waals surface area contributed by atoms with Gasteiger partial charge in [0.05, 0.1) is 22.6 Å². The summed E-state index contributed by atoms with van der Waals surface area (Å²) in [5.41, 5.74) is 3.70. The van der Waals surface area contributed by atoms with Crippen LogP contribution in [0.5, 0.6) is 0 Å². The van der Waals surface area contributed by atoms with Gasteiger partial charge in [-0.2, -0.15) is 5.26 Å². The van der Waals surface area contributed by atoms with Gasteiger partial charge in [0.15, 0.2) is 5.78 Å². The summed E-state index contributed by atoms with van der Waals surface area (Å²) in [6, 6.07) is 16.7. The number of rotatable bonds is 4. The van der Waals surface area contributed by atoms with Crippen LogP contribution in [0.3, 0.4) is 0 Å². The quantitative estimate of drug-likeness (QED) is 0.803. The number of carbonyl (C=O) groups is 1.